The molecule has 0 unspecified atom stereocenters. The number of nitro benzene ring substituents is 1. The first-order valence-corrected chi connectivity index (χ1v) is 5.80. The summed E-state index contributed by atoms with van der Waals surface area (Å²) in [7, 11) is 0. The van der Waals surface area contributed by atoms with E-state index < -0.39 is 28.0 Å². The van der Waals surface area contributed by atoms with Crippen molar-refractivity contribution >= 4 is 23.0 Å². The number of benzene rings is 1. The molecule has 0 saturated carbocycles. The smallest absolute Gasteiger partial charge is 0.342 e. The lowest BCUT2D eigenvalue weighted by Crippen LogP contribution is -2.06. The van der Waals surface area contributed by atoms with Crippen LogP contribution in [0.2, 0.25) is 0 Å². The van der Waals surface area contributed by atoms with Crippen LogP contribution in [-0.2, 0) is 0 Å². The number of nitro groups is 1. The molecular weight excluding hydrogens is 281 g/mol. The molecule has 2 aromatic rings. The number of anilines is 2. The van der Waals surface area contributed by atoms with E-state index in [9.17, 15) is 19.3 Å². The Morgan fingerprint density at radius 3 is 2.71 bits per heavy atom. The molecular formula is C13H10FN3O4. The summed E-state index contributed by atoms with van der Waals surface area (Å²) < 4.78 is 13.9. The first-order valence-electron chi connectivity index (χ1n) is 5.80. The van der Waals surface area contributed by atoms with Gasteiger partial charge in [-0.25, -0.2) is 9.18 Å². The fraction of sp³-hybridized carbons (Fsp3) is 0.0769. The Morgan fingerprint density at radius 1 is 1.43 bits per heavy atom. The average Bonchev–Trinajstić information content (AvgIpc) is 2.42. The Hall–Kier alpha value is -3.03. The predicted molar refractivity (Wildman–Crippen MR) is 72.3 cm³/mol. The third-order valence-corrected chi connectivity index (χ3v) is 2.79. The molecule has 0 aliphatic carbocycles. The zero-order valence-corrected chi connectivity index (χ0v) is 10.8. The minimum Gasteiger partial charge on any atom is -0.477 e. The van der Waals surface area contributed by atoms with E-state index in [0.717, 1.165) is 6.07 Å². The first-order chi connectivity index (χ1) is 9.90. The van der Waals surface area contributed by atoms with Crippen LogP contribution >= 0.6 is 0 Å². The van der Waals surface area contributed by atoms with Gasteiger partial charge in [0.15, 0.2) is 5.82 Å². The van der Waals surface area contributed by atoms with Gasteiger partial charge in [-0.05, 0) is 25.1 Å². The number of carboxylic acid groups (broad SMARTS) is 1. The maximum atomic E-state index is 13.9. The fourth-order valence-electron chi connectivity index (χ4n) is 1.74. The minimum atomic E-state index is -1.51. The van der Waals surface area contributed by atoms with Gasteiger partial charge in [-0.3, -0.25) is 15.1 Å². The molecule has 21 heavy (non-hydrogen) atoms. The molecule has 1 heterocycles. The fourth-order valence-corrected chi connectivity index (χ4v) is 1.74. The van der Waals surface area contributed by atoms with E-state index in [1.807, 2.05) is 0 Å². The van der Waals surface area contributed by atoms with E-state index in [4.69, 9.17) is 5.11 Å². The Labute approximate surface area is 118 Å². The van der Waals surface area contributed by atoms with Crippen molar-refractivity contribution in [2.24, 2.45) is 0 Å². The number of rotatable bonds is 4. The molecule has 8 heteroatoms. The van der Waals surface area contributed by atoms with Crippen LogP contribution in [0.3, 0.4) is 0 Å². The maximum absolute atomic E-state index is 13.9. The zero-order valence-electron chi connectivity index (χ0n) is 10.8. The predicted octanol–water partition coefficient (Wildman–Crippen LogP) is 2.88. The quantitative estimate of drug-likeness (QED) is 0.662. The van der Waals surface area contributed by atoms with E-state index in [1.54, 1.807) is 25.3 Å². The summed E-state index contributed by atoms with van der Waals surface area (Å²) in [5.74, 6) is -2.43. The number of aromatic carboxylic acids is 1. The number of hydrogen-bond donors (Lipinski definition) is 2. The lowest BCUT2D eigenvalue weighted by Gasteiger charge is -2.10. The summed E-state index contributed by atoms with van der Waals surface area (Å²) in [6.45, 7) is 1.68. The standard InChI is InChI=1S/C13H10FN3O4/c1-7-10(3-2-4-15-7)16-11-5-8(13(18)19)12(17(20)21)6-9(11)14/h2-6,16H,1H3,(H,18,19). The summed E-state index contributed by atoms with van der Waals surface area (Å²) in [6.07, 6.45) is 1.55. The third-order valence-electron chi connectivity index (χ3n) is 2.79. The van der Waals surface area contributed by atoms with Crippen LogP contribution in [0.4, 0.5) is 21.5 Å². The van der Waals surface area contributed by atoms with E-state index in [0.29, 0.717) is 17.4 Å². The molecule has 2 rings (SSSR count). The van der Waals surface area contributed by atoms with Gasteiger partial charge < -0.3 is 10.4 Å². The molecule has 1 aromatic heterocycles. The highest BCUT2D eigenvalue weighted by Crippen LogP contribution is 2.28. The number of nitrogens with one attached hydrogen (secondary N) is 1. The SMILES string of the molecule is Cc1ncccc1Nc1cc(C(=O)O)c([N+](=O)[O-])cc1F. The van der Waals surface area contributed by atoms with Crippen molar-refractivity contribution in [1.29, 1.82) is 0 Å². The van der Waals surface area contributed by atoms with E-state index in [2.05, 4.69) is 10.3 Å². The molecule has 0 spiro atoms. The number of aromatic nitrogens is 1. The van der Waals surface area contributed by atoms with Crippen molar-refractivity contribution in [2.45, 2.75) is 6.92 Å². The number of carboxylic acids is 1. The number of pyridine rings is 1. The zero-order chi connectivity index (χ0) is 15.6. The van der Waals surface area contributed by atoms with E-state index in [-0.39, 0.29) is 5.69 Å². The Balaban J connectivity index is 2.50. The normalized spacial score (nSPS) is 10.2. The Kier molecular flexibility index (Phi) is 3.79. The second kappa shape index (κ2) is 5.53. The lowest BCUT2D eigenvalue weighted by atomic mass is 10.1. The topological polar surface area (TPSA) is 105 Å². The molecule has 1 aromatic carbocycles. The molecule has 108 valence electrons. The van der Waals surface area contributed by atoms with Crippen LogP contribution in [0.15, 0.2) is 30.5 Å². The number of hydrogen-bond acceptors (Lipinski definition) is 5. The average molecular weight is 291 g/mol. The second-order valence-corrected chi connectivity index (χ2v) is 4.17. The van der Waals surface area contributed by atoms with Crippen LogP contribution in [0.5, 0.6) is 0 Å². The van der Waals surface area contributed by atoms with Gasteiger partial charge in [0.2, 0.25) is 0 Å². The second-order valence-electron chi connectivity index (χ2n) is 4.17. The Morgan fingerprint density at radius 2 is 2.14 bits per heavy atom. The molecule has 0 amide bonds. The summed E-state index contributed by atoms with van der Waals surface area (Å²) in [4.78, 5) is 24.8. The number of aryl methyl sites for hydroxylation is 1. The van der Waals surface area contributed by atoms with Crippen LogP contribution in [-0.4, -0.2) is 21.0 Å². The van der Waals surface area contributed by atoms with Crippen molar-refractivity contribution in [3.05, 3.63) is 57.7 Å². The Bertz CT molecular complexity index is 733. The molecule has 0 atom stereocenters. The molecule has 0 saturated heterocycles. The number of carbonyl (C=O) groups is 1. The highest BCUT2D eigenvalue weighted by atomic mass is 19.1. The van der Waals surface area contributed by atoms with Crippen LogP contribution in [0.25, 0.3) is 0 Å². The molecule has 0 aliphatic rings. The first kappa shape index (κ1) is 14.4. The highest BCUT2D eigenvalue weighted by molar-refractivity contribution is 5.94. The van der Waals surface area contributed by atoms with Gasteiger partial charge in [-0.2, -0.15) is 0 Å². The van der Waals surface area contributed by atoms with Gasteiger partial charge in [0, 0.05) is 6.20 Å². The summed E-state index contributed by atoms with van der Waals surface area (Å²) in [6, 6.07) is 4.72. The largest absolute Gasteiger partial charge is 0.477 e. The summed E-state index contributed by atoms with van der Waals surface area (Å²) >= 11 is 0. The molecule has 0 fully saturated rings. The van der Waals surface area contributed by atoms with Crippen LogP contribution in [0.1, 0.15) is 16.1 Å². The number of nitrogens with zero attached hydrogens (tertiary/aromatic N) is 2. The highest BCUT2D eigenvalue weighted by Gasteiger charge is 2.23. The van der Waals surface area contributed by atoms with Crippen molar-refractivity contribution in [2.75, 3.05) is 5.32 Å². The van der Waals surface area contributed by atoms with Crippen molar-refractivity contribution in [3.63, 3.8) is 0 Å². The molecule has 2 N–H and O–H groups in total. The molecule has 0 radical (unpaired) electrons. The van der Waals surface area contributed by atoms with E-state index in [1.165, 1.54) is 0 Å². The van der Waals surface area contributed by atoms with Crippen molar-refractivity contribution in [1.82, 2.24) is 4.98 Å². The molecule has 7 nitrogen and oxygen atoms in total. The summed E-state index contributed by atoms with van der Waals surface area (Å²) in [5, 5.41) is 22.4. The van der Waals surface area contributed by atoms with Gasteiger partial charge in [0.05, 0.1) is 28.1 Å². The lowest BCUT2D eigenvalue weighted by molar-refractivity contribution is -0.385. The summed E-state index contributed by atoms with van der Waals surface area (Å²) in [5.41, 5.74) is -0.512. The molecule has 0 aliphatic heterocycles. The minimum absolute atomic E-state index is 0.172. The van der Waals surface area contributed by atoms with Crippen molar-refractivity contribution in [3.8, 4) is 0 Å². The third kappa shape index (κ3) is 2.94. The van der Waals surface area contributed by atoms with Gasteiger partial charge in [0.25, 0.3) is 5.69 Å². The van der Waals surface area contributed by atoms with Crippen LogP contribution in [0, 0.1) is 22.9 Å². The number of halogens is 1. The molecule has 0 bridgehead atoms. The van der Waals surface area contributed by atoms with Gasteiger partial charge >= 0.3 is 5.97 Å². The van der Waals surface area contributed by atoms with Gasteiger partial charge in [-0.1, -0.05) is 0 Å². The van der Waals surface area contributed by atoms with Crippen molar-refractivity contribution < 1.29 is 19.2 Å². The van der Waals surface area contributed by atoms with Gasteiger partial charge in [-0.15, -0.1) is 0 Å². The maximum Gasteiger partial charge on any atom is 0.342 e. The van der Waals surface area contributed by atoms with E-state index >= 15 is 0 Å². The monoisotopic (exact) mass is 291 g/mol. The van der Waals surface area contributed by atoms with Crippen LogP contribution < -0.4 is 5.32 Å². The van der Waals surface area contributed by atoms with Gasteiger partial charge in [0.1, 0.15) is 5.56 Å².